The fraction of sp³-hybridized carbons (Fsp3) is 0.316. The highest BCUT2D eigenvalue weighted by atomic mass is 35.5. The second-order valence-corrected chi connectivity index (χ2v) is 6.58. The first-order chi connectivity index (χ1) is 11.6. The predicted octanol–water partition coefficient (Wildman–Crippen LogP) is 3.23. The summed E-state index contributed by atoms with van der Waals surface area (Å²) in [6, 6.07) is 15.5. The van der Waals surface area contributed by atoms with Gasteiger partial charge in [0.25, 0.3) is 0 Å². The second kappa shape index (κ2) is 9.09. The van der Waals surface area contributed by atoms with Crippen LogP contribution in [0.15, 0.2) is 48.5 Å². The quantitative estimate of drug-likeness (QED) is 0.829. The van der Waals surface area contributed by atoms with E-state index in [2.05, 4.69) is 11.0 Å². The summed E-state index contributed by atoms with van der Waals surface area (Å²) in [7, 11) is 0. The topological polar surface area (TPSA) is 49.6 Å². The Balaban J connectivity index is 0.00000225. The third kappa shape index (κ3) is 5.36. The van der Waals surface area contributed by atoms with Crippen molar-refractivity contribution in [3.05, 3.63) is 64.7 Å². The van der Waals surface area contributed by atoms with Gasteiger partial charge in [-0.05, 0) is 29.3 Å². The number of rotatable bonds is 4. The molecule has 2 N–H and O–H groups in total. The molecule has 0 spiro atoms. The number of halogens is 2. The molecule has 1 fully saturated rings. The van der Waals surface area contributed by atoms with Crippen LogP contribution in [0.2, 0.25) is 5.02 Å². The zero-order chi connectivity index (χ0) is 16.9. The minimum Gasteiger partial charge on any atom is -0.399 e. The maximum Gasteiger partial charge on any atom is 0.227 e. The van der Waals surface area contributed by atoms with Crippen LogP contribution in [-0.4, -0.2) is 41.9 Å². The fourth-order valence-corrected chi connectivity index (χ4v) is 3.22. The van der Waals surface area contributed by atoms with Crippen molar-refractivity contribution in [1.82, 2.24) is 9.80 Å². The molecular formula is C19H23Cl2N3O. The van der Waals surface area contributed by atoms with Gasteiger partial charge in [0.15, 0.2) is 0 Å². The Hall–Kier alpha value is -1.75. The Kier molecular flexibility index (Phi) is 7.12. The molecule has 25 heavy (non-hydrogen) atoms. The molecule has 1 aliphatic rings. The van der Waals surface area contributed by atoms with Crippen LogP contribution in [-0.2, 0) is 17.8 Å². The standard InChI is InChI=1S/C19H22ClN3O.ClH/c20-18-7-2-1-5-16(18)13-19(24)23-10-8-22(9-11-23)14-15-4-3-6-17(21)12-15;/h1-7,12H,8-11,13-14,21H2;1H. The van der Waals surface area contributed by atoms with Gasteiger partial charge < -0.3 is 10.6 Å². The minimum atomic E-state index is 0. The van der Waals surface area contributed by atoms with Crippen molar-refractivity contribution in [3.8, 4) is 0 Å². The third-order valence-corrected chi connectivity index (χ3v) is 4.75. The summed E-state index contributed by atoms with van der Waals surface area (Å²) in [6.45, 7) is 4.14. The number of hydrogen-bond acceptors (Lipinski definition) is 3. The van der Waals surface area contributed by atoms with Gasteiger partial charge in [-0.1, -0.05) is 41.9 Å². The van der Waals surface area contributed by atoms with E-state index in [0.717, 1.165) is 44.0 Å². The average molecular weight is 380 g/mol. The van der Waals surface area contributed by atoms with Gasteiger partial charge in [-0.2, -0.15) is 0 Å². The molecule has 4 nitrogen and oxygen atoms in total. The number of nitrogens with two attached hydrogens (primary N) is 1. The Bertz CT molecular complexity index is 715. The van der Waals surface area contributed by atoms with Crippen LogP contribution >= 0.6 is 24.0 Å². The maximum atomic E-state index is 12.5. The van der Waals surface area contributed by atoms with Crippen LogP contribution in [0.4, 0.5) is 5.69 Å². The molecule has 2 aromatic carbocycles. The number of nitrogens with zero attached hydrogens (tertiary/aromatic N) is 2. The zero-order valence-electron chi connectivity index (χ0n) is 14.0. The Morgan fingerprint density at radius 3 is 2.44 bits per heavy atom. The highest BCUT2D eigenvalue weighted by molar-refractivity contribution is 6.31. The van der Waals surface area contributed by atoms with E-state index < -0.39 is 0 Å². The second-order valence-electron chi connectivity index (χ2n) is 6.17. The molecule has 3 rings (SSSR count). The molecule has 0 radical (unpaired) electrons. The number of piperazine rings is 1. The highest BCUT2D eigenvalue weighted by Crippen LogP contribution is 2.17. The van der Waals surface area contributed by atoms with Gasteiger partial charge in [-0.3, -0.25) is 9.69 Å². The number of nitrogen functional groups attached to an aromatic ring is 1. The lowest BCUT2D eigenvalue weighted by atomic mass is 10.1. The van der Waals surface area contributed by atoms with Gasteiger partial charge >= 0.3 is 0 Å². The van der Waals surface area contributed by atoms with Gasteiger partial charge in [-0.25, -0.2) is 0 Å². The third-order valence-electron chi connectivity index (χ3n) is 4.38. The lowest BCUT2D eigenvalue weighted by Gasteiger charge is -2.35. The Morgan fingerprint density at radius 2 is 1.76 bits per heavy atom. The SMILES string of the molecule is Cl.Nc1cccc(CN2CCN(C(=O)Cc3ccccc3Cl)CC2)c1. The highest BCUT2D eigenvalue weighted by Gasteiger charge is 2.21. The fourth-order valence-electron chi connectivity index (χ4n) is 3.02. The van der Waals surface area contributed by atoms with E-state index in [9.17, 15) is 4.79 Å². The molecular weight excluding hydrogens is 357 g/mol. The number of carbonyl (C=O) groups excluding carboxylic acids is 1. The lowest BCUT2D eigenvalue weighted by molar-refractivity contribution is -0.132. The molecule has 134 valence electrons. The smallest absolute Gasteiger partial charge is 0.227 e. The molecule has 0 saturated carbocycles. The van der Waals surface area contributed by atoms with Gasteiger partial charge in [0.05, 0.1) is 6.42 Å². The molecule has 1 saturated heterocycles. The van der Waals surface area contributed by atoms with E-state index in [1.54, 1.807) is 0 Å². The van der Waals surface area contributed by atoms with Crippen molar-refractivity contribution in [2.75, 3.05) is 31.9 Å². The molecule has 2 aromatic rings. The van der Waals surface area contributed by atoms with Crippen molar-refractivity contribution >= 4 is 35.6 Å². The van der Waals surface area contributed by atoms with Gasteiger partial charge in [0.2, 0.25) is 5.91 Å². The molecule has 1 aliphatic heterocycles. The predicted molar refractivity (Wildman–Crippen MR) is 105 cm³/mol. The van der Waals surface area contributed by atoms with Crippen molar-refractivity contribution in [3.63, 3.8) is 0 Å². The summed E-state index contributed by atoms with van der Waals surface area (Å²) in [5.74, 6) is 0.145. The first kappa shape index (κ1) is 19.6. The van der Waals surface area contributed by atoms with Crippen molar-refractivity contribution < 1.29 is 4.79 Å². The first-order valence-electron chi connectivity index (χ1n) is 8.20. The molecule has 1 heterocycles. The van der Waals surface area contributed by atoms with E-state index >= 15 is 0 Å². The summed E-state index contributed by atoms with van der Waals surface area (Å²) in [4.78, 5) is 16.7. The monoisotopic (exact) mass is 379 g/mol. The van der Waals surface area contributed by atoms with Crippen LogP contribution < -0.4 is 5.73 Å². The van der Waals surface area contributed by atoms with Crippen LogP contribution in [0.3, 0.4) is 0 Å². The van der Waals surface area contributed by atoms with E-state index in [0.29, 0.717) is 11.4 Å². The summed E-state index contributed by atoms with van der Waals surface area (Å²) < 4.78 is 0. The number of anilines is 1. The summed E-state index contributed by atoms with van der Waals surface area (Å²) >= 11 is 6.14. The normalized spacial score (nSPS) is 14.8. The number of benzene rings is 2. The summed E-state index contributed by atoms with van der Waals surface area (Å²) in [6.07, 6.45) is 0.370. The molecule has 0 unspecified atom stereocenters. The molecule has 0 bridgehead atoms. The summed E-state index contributed by atoms with van der Waals surface area (Å²) in [5, 5.41) is 0.658. The van der Waals surface area contributed by atoms with Crippen LogP contribution in [0.25, 0.3) is 0 Å². The largest absolute Gasteiger partial charge is 0.399 e. The van der Waals surface area contributed by atoms with E-state index in [1.807, 2.05) is 47.4 Å². The number of hydrogen-bond donors (Lipinski definition) is 1. The molecule has 6 heteroatoms. The number of amides is 1. The zero-order valence-corrected chi connectivity index (χ0v) is 15.6. The average Bonchev–Trinajstić information content (AvgIpc) is 2.57. The lowest BCUT2D eigenvalue weighted by Crippen LogP contribution is -2.48. The maximum absolute atomic E-state index is 12.5. The van der Waals surface area contributed by atoms with Crippen molar-refractivity contribution in [2.45, 2.75) is 13.0 Å². The molecule has 0 aliphatic carbocycles. The molecule has 1 amide bonds. The van der Waals surface area contributed by atoms with Gasteiger partial charge in [0.1, 0.15) is 0 Å². The van der Waals surface area contributed by atoms with Crippen LogP contribution in [0, 0.1) is 0 Å². The first-order valence-corrected chi connectivity index (χ1v) is 8.57. The van der Waals surface area contributed by atoms with Crippen LogP contribution in [0.5, 0.6) is 0 Å². The summed E-state index contributed by atoms with van der Waals surface area (Å²) in [5.41, 5.74) is 8.73. The van der Waals surface area contributed by atoms with Crippen LogP contribution in [0.1, 0.15) is 11.1 Å². The van der Waals surface area contributed by atoms with E-state index in [-0.39, 0.29) is 18.3 Å². The van der Waals surface area contributed by atoms with Crippen molar-refractivity contribution in [2.24, 2.45) is 0 Å². The van der Waals surface area contributed by atoms with Gasteiger partial charge in [-0.15, -0.1) is 12.4 Å². The van der Waals surface area contributed by atoms with E-state index in [4.69, 9.17) is 17.3 Å². The van der Waals surface area contributed by atoms with Crippen molar-refractivity contribution in [1.29, 1.82) is 0 Å². The Labute approximate surface area is 160 Å². The minimum absolute atomic E-state index is 0. The van der Waals surface area contributed by atoms with E-state index in [1.165, 1.54) is 5.56 Å². The van der Waals surface area contributed by atoms with Gasteiger partial charge in [0, 0.05) is 43.4 Å². The Morgan fingerprint density at radius 1 is 1.04 bits per heavy atom. The molecule has 0 aromatic heterocycles. The molecule has 0 atom stereocenters. The number of carbonyl (C=O) groups is 1.